The van der Waals surface area contributed by atoms with E-state index in [1.165, 1.54) is 0 Å². The fraction of sp³-hybridized carbons (Fsp3) is 0.143. The molecule has 1 N–H and O–H groups in total. The Kier molecular flexibility index (Phi) is 4.11. The third-order valence-corrected chi connectivity index (χ3v) is 2.63. The summed E-state index contributed by atoms with van der Waals surface area (Å²) in [4.78, 5) is 15.1. The zero-order chi connectivity index (χ0) is 15.5. The van der Waals surface area contributed by atoms with Crippen LogP contribution < -0.4 is 5.32 Å². The molecule has 0 amide bonds. The lowest BCUT2D eigenvalue weighted by molar-refractivity contribution is -0.141. The number of carbonyl (C=O) groups excluding carboxylic acids is 1. The molecule has 1 aromatic heterocycles. The van der Waals surface area contributed by atoms with Gasteiger partial charge >= 0.3 is 12.1 Å². The molecule has 21 heavy (non-hydrogen) atoms. The summed E-state index contributed by atoms with van der Waals surface area (Å²) in [5, 5.41) is 2.69. The maximum absolute atomic E-state index is 12.7. The lowest BCUT2D eigenvalue weighted by atomic mass is 10.2. The van der Waals surface area contributed by atoms with Crippen LogP contribution in [0.5, 0.6) is 0 Å². The van der Waals surface area contributed by atoms with Crippen LogP contribution in [0.3, 0.4) is 0 Å². The van der Waals surface area contributed by atoms with Crippen molar-refractivity contribution in [1.29, 1.82) is 0 Å². The highest BCUT2D eigenvalue weighted by atomic mass is 19.4. The van der Waals surface area contributed by atoms with Gasteiger partial charge in [-0.05, 0) is 24.3 Å². The van der Waals surface area contributed by atoms with Gasteiger partial charge < -0.3 is 10.1 Å². The molecular formula is C14H11F3N2O2. The molecule has 0 bridgehead atoms. The van der Waals surface area contributed by atoms with Crippen molar-refractivity contribution in [1.82, 2.24) is 4.98 Å². The second-order valence-electron chi connectivity index (χ2n) is 4.07. The van der Waals surface area contributed by atoms with Gasteiger partial charge in [0, 0.05) is 5.69 Å². The summed E-state index contributed by atoms with van der Waals surface area (Å²) in [6, 6.07) is 10.2. The van der Waals surface area contributed by atoms with Crippen molar-refractivity contribution >= 4 is 17.5 Å². The summed E-state index contributed by atoms with van der Waals surface area (Å²) >= 11 is 0. The van der Waals surface area contributed by atoms with Crippen LogP contribution in [0.15, 0.2) is 42.5 Å². The minimum absolute atomic E-state index is 0.0747. The van der Waals surface area contributed by atoms with Crippen molar-refractivity contribution < 1.29 is 22.7 Å². The highest BCUT2D eigenvalue weighted by molar-refractivity contribution is 5.95. The topological polar surface area (TPSA) is 51.2 Å². The van der Waals surface area contributed by atoms with E-state index in [0.29, 0.717) is 5.69 Å². The van der Waals surface area contributed by atoms with Crippen molar-refractivity contribution in [3.63, 3.8) is 0 Å². The van der Waals surface area contributed by atoms with Crippen molar-refractivity contribution in [3.05, 3.63) is 53.7 Å². The third-order valence-electron chi connectivity index (χ3n) is 2.63. The number of alkyl halides is 3. The number of methoxy groups -OCH3 is 1. The number of benzene rings is 1. The van der Waals surface area contributed by atoms with Crippen LogP contribution in [0.4, 0.5) is 24.7 Å². The fourth-order valence-electron chi connectivity index (χ4n) is 1.65. The van der Waals surface area contributed by atoms with E-state index in [1.54, 1.807) is 30.3 Å². The lowest BCUT2D eigenvalue weighted by Crippen LogP contribution is -2.13. The van der Waals surface area contributed by atoms with Crippen LogP contribution in [0.25, 0.3) is 0 Å². The Morgan fingerprint density at radius 2 is 1.81 bits per heavy atom. The number of rotatable bonds is 3. The number of esters is 1. The van der Waals surface area contributed by atoms with Crippen molar-refractivity contribution in [2.75, 3.05) is 12.4 Å². The second kappa shape index (κ2) is 5.82. The highest BCUT2D eigenvalue weighted by Gasteiger charge is 2.33. The first-order chi connectivity index (χ1) is 9.91. The summed E-state index contributed by atoms with van der Waals surface area (Å²) in [7, 11) is 1.15. The van der Waals surface area contributed by atoms with Gasteiger partial charge in [-0.25, -0.2) is 9.78 Å². The molecule has 0 radical (unpaired) electrons. The van der Waals surface area contributed by atoms with Gasteiger partial charge in [0.25, 0.3) is 0 Å². The van der Waals surface area contributed by atoms with Crippen molar-refractivity contribution in [3.8, 4) is 0 Å². The zero-order valence-electron chi connectivity index (χ0n) is 10.9. The molecular weight excluding hydrogens is 285 g/mol. The standard InChI is InChI=1S/C14H11F3N2O2/c1-21-13(20)10-7-8-11(14(15,16)17)19-12(10)18-9-5-3-2-4-6-9/h2-8H,1H3,(H,18,19). The molecule has 0 saturated carbocycles. The van der Waals surface area contributed by atoms with Crippen LogP contribution in [0, 0.1) is 0 Å². The molecule has 0 aliphatic carbocycles. The van der Waals surface area contributed by atoms with Gasteiger partial charge in [-0.1, -0.05) is 18.2 Å². The van der Waals surface area contributed by atoms with E-state index in [9.17, 15) is 18.0 Å². The Morgan fingerprint density at radius 1 is 1.14 bits per heavy atom. The lowest BCUT2D eigenvalue weighted by Gasteiger charge is -2.13. The number of aromatic nitrogens is 1. The van der Waals surface area contributed by atoms with E-state index >= 15 is 0 Å². The van der Waals surface area contributed by atoms with E-state index in [0.717, 1.165) is 19.2 Å². The number of nitrogens with one attached hydrogen (secondary N) is 1. The zero-order valence-corrected chi connectivity index (χ0v) is 10.9. The number of ether oxygens (including phenoxy) is 1. The van der Waals surface area contributed by atoms with Crippen LogP contribution in [-0.4, -0.2) is 18.1 Å². The predicted molar refractivity (Wildman–Crippen MR) is 70.3 cm³/mol. The molecule has 0 atom stereocenters. The molecule has 0 aliphatic heterocycles. The van der Waals surface area contributed by atoms with Crippen molar-refractivity contribution in [2.24, 2.45) is 0 Å². The summed E-state index contributed by atoms with van der Waals surface area (Å²) in [6.07, 6.45) is -4.60. The van der Waals surface area contributed by atoms with E-state index in [2.05, 4.69) is 15.0 Å². The molecule has 1 heterocycles. The molecule has 0 unspecified atom stereocenters. The van der Waals surface area contributed by atoms with Gasteiger partial charge in [-0.2, -0.15) is 13.2 Å². The highest BCUT2D eigenvalue weighted by Crippen LogP contribution is 2.30. The summed E-state index contributed by atoms with van der Waals surface area (Å²) in [5.74, 6) is -0.975. The Morgan fingerprint density at radius 3 is 2.38 bits per heavy atom. The predicted octanol–water partition coefficient (Wildman–Crippen LogP) is 3.63. The molecule has 1 aromatic carbocycles. The molecule has 2 aromatic rings. The Balaban J connectivity index is 2.46. The van der Waals surface area contributed by atoms with E-state index < -0.39 is 17.8 Å². The van der Waals surface area contributed by atoms with Crippen LogP contribution in [-0.2, 0) is 10.9 Å². The fourth-order valence-corrected chi connectivity index (χ4v) is 1.65. The monoisotopic (exact) mass is 296 g/mol. The molecule has 0 aliphatic rings. The Labute approximate surface area is 118 Å². The maximum Gasteiger partial charge on any atom is 0.433 e. The molecule has 4 nitrogen and oxygen atoms in total. The van der Waals surface area contributed by atoms with Gasteiger partial charge in [0.1, 0.15) is 17.1 Å². The van der Waals surface area contributed by atoms with Gasteiger partial charge in [-0.3, -0.25) is 0 Å². The SMILES string of the molecule is COC(=O)c1ccc(C(F)(F)F)nc1Nc1ccccc1. The maximum atomic E-state index is 12.7. The smallest absolute Gasteiger partial charge is 0.433 e. The second-order valence-corrected chi connectivity index (χ2v) is 4.07. The number of halogens is 3. The Bertz CT molecular complexity index is 642. The number of nitrogens with zero attached hydrogens (tertiary/aromatic N) is 1. The first-order valence-electron chi connectivity index (χ1n) is 5.90. The van der Waals surface area contributed by atoms with E-state index in [4.69, 9.17) is 0 Å². The van der Waals surface area contributed by atoms with Gasteiger partial charge in [-0.15, -0.1) is 0 Å². The summed E-state index contributed by atoms with van der Waals surface area (Å²) in [5.41, 5.74) is -0.655. The first-order valence-corrected chi connectivity index (χ1v) is 5.90. The van der Waals surface area contributed by atoms with Crippen molar-refractivity contribution in [2.45, 2.75) is 6.18 Å². The third kappa shape index (κ3) is 3.50. The number of anilines is 2. The number of hydrogen-bond acceptors (Lipinski definition) is 4. The normalized spacial score (nSPS) is 11.0. The number of hydrogen-bond donors (Lipinski definition) is 1. The number of pyridine rings is 1. The number of para-hydroxylation sites is 1. The average Bonchev–Trinajstić information content (AvgIpc) is 2.46. The quantitative estimate of drug-likeness (QED) is 0.879. The van der Waals surface area contributed by atoms with Crippen LogP contribution in [0.1, 0.15) is 16.1 Å². The first kappa shape index (κ1) is 14.8. The Hall–Kier alpha value is -2.57. The van der Waals surface area contributed by atoms with E-state index in [1.807, 2.05) is 0 Å². The molecule has 7 heteroatoms. The minimum atomic E-state index is -4.60. The van der Waals surface area contributed by atoms with Crippen LogP contribution >= 0.6 is 0 Å². The molecule has 0 spiro atoms. The molecule has 2 rings (SSSR count). The molecule has 0 saturated heterocycles. The molecule has 0 fully saturated rings. The summed E-state index contributed by atoms with van der Waals surface area (Å²) in [6.45, 7) is 0. The van der Waals surface area contributed by atoms with Gasteiger partial charge in [0.05, 0.1) is 7.11 Å². The number of carbonyl (C=O) groups is 1. The van der Waals surface area contributed by atoms with Gasteiger partial charge in [0.15, 0.2) is 0 Å². The summed E-state index contributed by atoms with van der Waals surface area (Å²) < 4.78 is 42.7. The molecule has 110 valence electrons. The minimum Gasteiger partial charge on any atom is -0.465 e. The average molecular weight is 296 g/mol. The van der Waals surface area contributed by atoms with E-state index in [-0.39, 0.29) is 11.4 Å². The van der Waals surface area contributed by atoms with Crippen LogP contribution in [0.2, 0.25) is 0 Å². The van der Waals surface area contributed by atoms with Gasteiger partial charge in [0.2, 0.25) is 0 Å². The largest absolute Gasteiger partial charge is 0.465 e.